The second-order valence-electron chi connectivity index (χ2n) is 6.67. The molecule has 0 spiro atoms. The van der Waals surface area contributed by atoms with Gasteiger partial charge in [-0.1, -0.05) is 0 Å². The Balaban J connectivity index is 2.23. The van der Waals surface area contributed by atoms with Gasteiger partial charge in [0.15, 0.2) is 5.65 Å². The summed E-state index contributed by atoms with van der Waals surface area (Å²) in [6, 6.07) is 0. The number of fused-ring (bicyclic) bond motifs is 1. The standard InChI is InChI=1S/C16H25N5O3/c1-11-19-14-12(10-18-21(14)16(2,3)4)15(23)20(11)8-6-13(22)17-7-9-24-5/h10H,6-9H2,1-5H3,(H,17,22). The molecule has 2 heterocycles. The molecule has 0 radical (unpaired) electrons. The van der Waals surface area contributed by atoms with Crippen molar-refractivity contribution < 1.29 is 9.53 Å². The molecule has 132 valence electrons. The van der Waals surface area contributed by atoms with Gasteiger partial charge in [-0.15, -0.1) is 0 Å². The highest BCUT2D eigenvalue weighted by Crippen LogP contribution is 2.18. The maximum absolute atomic E-state index is 12.7. The molecule has 8 nitrogen and oxygen atoms in total. The molecule has 0 bridgehead atoms. The molecule has 0 atom stereocenters. The molecule has 24 heavy (non-hydrogen) atoms. The highest BCUT2D eigenvalue weighted by atomic mass is 16.5. The minimum atomic E-state index is -0.263. The number of aromatic nitrogens is 4. The molecular formula is C16H25N5O3. The van der Waals surface area contributed by atoms with Crippen LogP contribution in [0.4, 0.5) is 0 Å². The number of amides is 1. The second kappa shape index (κ2) is 7.12. The molecule has 0 aliphatic carbocycles. The summed E-state index contributed by atoms with van der Waals surface area (Å²) in [5.41, 5.74) is 0.143. The number of ether oxygens (including phenoxy) is 1. The molecular weight excluding hydrogens is 310 g/mol. The largest absolute Gasteiger partial charge is 0.383 e. The van der Waals surface area contributed by atoms with Crippen LogP contribution >= 0.6 is 0 Å². The molecule has 8 heteroatoms. The predicted octanol–water partition coefficient (Wildman–Crippen LogP) is 0.809. The lowest BCUT2D eigenvalue weighted by molar-refractivity contribution is -0.121. The number of carbonyl (C=O) groups is 1. The zero-order valence-electron chi connectivity index (χ0n) is 14.9. The molecule has 1 N–H and O–H groups in total. The molecule has 0 saturated heterocycles. The summed E-state index contributed by atoms with van der Waals surface area (Å²) in [5, 5.41) is 7.51. The normalized spacial score (nSPS) is 11.9. The van der Waals surface area contributed by atoms with Gasteiger partial charge in [0.05, 0.1) is 18.3 Å². The van der Waals surface area contributed by atoms with Crippen LogP contribution in [0, 0.1) is 6.92 Å². The van der Waals surface area contributed by atoms with Gasteiger partial charge in [-0.2, -0.15) is 5.10 Å². The summed E-state index contributed by atoms with van der Waals surface area (Å²) in [6.07, 6.45) is 1.76. The smallest absolute Gasteiger partial charge is 0.264 e. The summed E-state index contributed by atoms with van der Waals surface area (Å²) in [5.74, 6) is 0.451. The Morgan fingerprint density at radius 2 is 2.08 bits per heavy atom. The van der Waals surface area contributed by atoms with Gasteiger partial charge in [-0.3, -0.25) is 14.2 Å². The van der Waals surface area contributed by atoms with Gasteiger partial charge in [0, 0.05) is 26.6 Å². The molecule has 0 aliphatic rings. The Morgan fingerprint density at radius 3 is 2.71 bits per heavy atom. The van der Waals surface area contributed by atoms with Gasteiger partial charge in [-0.05, 0) is 27.7 Å². The third-order valence-electron chi connectivity index (χ3n) is 3.70. The zero-order valence-corrected chi connectivity index (χ0v) is 14.9. The lowest BCUT2D eigenvalue weighted by Crippen LogP contribution is -2.31. The van der Waals surface area contributed by atoms with Gasteiger partial charge in [-0.25, -0.2) is 9.67 Å². The van der Waals surface area contributed by atoms with E-state index in [-0.39, 0.29) is 30.0 Å². The Morgan fingerprint density at radius 1 is 1.38 bits per heavy atom. The van der Waals surface area contributed by atoms with Gasteiger partial charge in [0.25, 0.3) is 5.56 Å². The average molecular weight is 335 g/mol. The number of hydrogen-bond acceptors (Lipinski definition) is 5. The minimum Gasteiger partial charge on any atom is -0.383 e. The summed E-state index contributed by atoms with van der Waals surface area (Å²) < 4.78 is 8.15. The van der Waals surface area contributed by atoms with E-state index in [0.29, 0.717) is 30.0 Å². The number of carbonyl (C=O) groups excluding carboxylic acids is 1. The number of nitrogens with one attached hydrogen (secondary N) is 1. The zero-order chi connectivity index (χ0) is 17.9. The number of rotatable bonds is 6. The van der Waals surface area contributed by atoms with Crippen LogP contribution in [0.25, 0.3) is 11.0 Å². The molecule has 0 unspecified atom stereocenters. The van der Waals surface area contributed by atoms with Crippen LogP contribution in [-0.4, -0.2) is 45.5 Å². The molecule has 2 aromatic heterocycles. The van der Waals surface area contributed by atoms with E-state index >= 15 is 0 Å². The van der Waals surface area contributed by atoms with Crippen LogP contribution in [0.3, 0.4) is 0 Å². The Kier molecular flexibility index (Phi) is 5.38. The van der Waals surface area contributed by atoms with Crippen molar-refractivity contribution in [1.82, 2.24) is 24.6 Å². The first-order valence-corrected chi connectivity index (χ1v) is 7.97. The highest BCUT2D eigenvalue weighted by molar-refractivity contribution is 5.76. The van der Waals surface area contributed by atoms with E-state index < -0.39 is 0 Å². The highest BCUT2D eigenvalue weighted by Gasteiger charge is 2.21. The monoisotopic (exact) mass is 335 g/mol. The number of aryl methyl sites for hydroxylation is 1. The number of hydrogen-bond donors (Lipinski definition) is 1. The SMILES string of the molecule is COCCNC(=O)CCn1c(C)nc2c(cnn2C(C)(C)C)c1=O. The third kappa shape index (κ3) is 3.81. The van der Waals surface area contributed by atoms with Crippen molar-refractivity contribution in [2.45, 2.75) is 46.2 Å². The summed E-state index contributed by atoms with van der Waals surface area (Å²) >= 11 is 0. The van der Waals surface area contributed by atoms with Crippen LogP contribution in [0.15, 0.2) is 11.0 Å². The van der Waals surface area contributed by atoms with Gasteiger partial charge in [0.2, 0.25) is 5.91 Å². The van der Waals surface area contributed by atoms with Crippen LogP contribution < -0.4 is 10.9 Å². The Hall–Kier alpha value is -2.22. The summed E-state index contributed by atoms with van der Waals surface area (Å²) in [6.45, 7) is 8.99. The van der Waals surface area contributed by atoms with Crippen molar-refractivity contribution in [3.05, 3.63) is 22.4 Å². The van der Waals surface area contributed by atoms with Crippen molar-refractivity contribution >= 4 is 16.9 Å². The van der Waals surface area contributed by atoms with E-state index in [9.17, 15) is 9.59 Å². The molecule has 2 rings (SSSR count). The topological polar surface area (TPSA) is 91.0 Å². The predicted molar refractivity (Wildman–Crippen MR) is 91.0 cm³/mol. The van der Waals surface area contributed by atoms with E-state index in [1.165, 1.54) is 4.57 Å². The first-order valence-electron chi connectivity index (χ1n) is 7.97. The van der Waals surface area contributed by atoms with Gasteiger partial charge in [0.1, 0.15) is 11.2 Å². The number of nitrogens with zero attached hydrogens (tertiary/aromatic N) is 4. The van der Waals surface area contributed by atoms with Crippen molar-refractivity contribution in [2.75, 3.05) is 20.3 Å². The first kappa shape index (κ1) is 18.1. The fraction of sp³-hybridized carbons (Fsp3) is 0.625. The number of methoxy groups -OCH3 is 1. The quantitative estimate of drug-likeness (QED) is 0.789. The Labute approximate surface area is 140 Å². The van der Waals surface area contributed by atoms with Crippen molar-refractivity contribution in [3.8, 4) is 0 Å². The molecule has 0 saturated carbocycles. The molecule has 0 aliphatic heterocycles. The van der Waals surface area contributed by atoms with Crippen LogP contribution in [0.5, 0.6) is 0 Å². The van der Waals surface area contributed by atoms with Crippen molar-refractivity contribution in [3.63, 3.8) is 0 Å². The minimum absolute atomic E-state index is 0.121. The average Bonchev–Trinajstić information content (AvgIpc) is 2.91. The lowest BCUT2D eigenvalue weighted by atomic mass is 10.1. The van der Waals surface area contributed by atoms with Crippen molar-refractivity contribution in [2.24, 2.45) is 0 Å². The van der Waals surface area contributed by atoms with Crippen molar-refractivity contribution in [1.29, 1.82) is 0 Å². The molecule has 1 amide bonds. The summed E-state index contributed by atoms with van der Waals surface area (Å²) in [7, 11) is 1.58. The Bertz CT molecular complexity index is 785. The fourth-order valence-corrected chi connectivity index (χ4v) is 2.45. The third-order valence-corrected chi connectivity index (χ3v) is 3.70. The first-order chi connectivity index (χ1) is 11.3. The van der Waals surface area contributed by atoms with E-state index in [4.69, 9.17) is 4.74 Å². The maximum atomic E-state index is 12.7. The van der Waals surface area contributed by atoms with E-state index in [1.807, 2.05) is 20.8 Å². The van der Waals surface area contributed by atoms with E-state index in [0.717, 1.165) is 0 Å². The van der Waals surface area contributed by atoms with E-state index in [1.54, 1.807) is 24.9 Å². The lowest BCUT2D eigenvalue weighted by Gasteiger charge is -2.20. The van der Waals surface area contributed by atoms with Crippen LogP contribution in [0.1, 0.15) is 33.0 Å². The second-order valence-corrected chi connectivity index (χ2v) is 6.67. The van der Waals surface area contributed by atoms with E-state index in [2.05, 4.69) is 15.4 Å². The van der Waals surface area contributed by atoms with Crippen LogP contribution in [0.2, 0.25) is 0 Å². The summed E-state index contributed by atoms with van der Waals surface area (Å²) in [4.78, 5) is 29.0. The van der Waals surface area contributed by atoms with Gasteiger partial charge < -0.3 is 10.1 Å². The fourth-order valence-electron chi connectivity index (χ4n) is 2.45. The van der Waals surface area contributed by atoms with Crippen LogP contribution in [-0.2, 0) is 21.6 Å². The van der Waals surface area contributed by atoms with Gasteiger partial charge >= 0.3 is 0 Å². The molecule has 0 aromatic carbocycles. The molecule has 0 fully saturated rings. The maximum Gasteiger partial charge on any atom is 0.264 e. The molecule has 2 aromatic rings.